The standard InChI is InChI=1S/C38H38N4O9/c1-24(2)35(43)49-21-46-30-13-7-27(8-14-30)19-33-40-34(20-28-9-15-31(16-10-28)47-22-50-36(44)25(3)4)42-38(41-33)39-29-11-17-32(18-12-29)48-23-51-37(45)26(5)6/h7-18H,1,3,5,19-23H2,2,4,6H3,(H,39,40,41,42). The van der Waals surface area contributed by atoms with E-state index in [-0.39, 0.29) is 37.1 Å². The van der Waals surface area contributed by atoms with Crippen molar-refractivity contribution in [2.24, 2.45) is 0 Å². The molecule has 13 nitrogen and oxygen atoms in total. The third kappa shape index (κ3) is 12.5. The molecular weight excluding hydrogens is 656 g/mol. The molecule has 0 bridgehead atoms. The van der Waals surface area contributed by atoms with Gasteiger partial charge in [0.2, 0.25) is 26.3 Å². The van der Waals surface area contributed by atoms with Crippen LogP contribution in [0, 0.1) is 0 Å². The Morgan fingerprint density at radius 3 is 1.20 bits per heavy atom. The van der Waals surface area contributed by atoms with E-state index >= 15 is 0 Å². The summed E-state index contributed by atoms with van der Waals surface area (Å²) in [6, 6.07) is 21.5. The Kier molecular flexibility index (Phi) is 13.4. The Hall–Kier alpha value is -6.50. The quantitative estimate of drug-likeness (QED) is 0.0547. The first kappa shape index (κ1) is 37.3. The lowest BCUT2D eigenvalue weighted by Gasteiger charge is -2.12. The zero-order valence-electron chi connectivity index (χ0n) is 28.6. The van der Waals surface area contributed by atoms with Gasteiger partial charge in [0.25, 0.3) is 0 Å². The Labute approximate surface area is 295 Å². The van der Waals surface area contributed by atoms with E-state index in [1.165, 1.54) is 0 Å². The van der Waals surface area contributed by atoms with Gasteiger partial charge in [-0.05, 0) is 80.4 Å². The van der Waals surface area contributed by atoms with Gasteiger partial charge in [-0.25, -0.2) is 19.4 Å². The first-order chi connectivity index (χ1) is 24.4. The van der Waals surface area contributed by atoms with Crippen LogP contribution in [-0.2, 0) is 41.4 Å². The molecular formula is C38H38N4O9. The van der Waals surface area contributed by atoms with Crippen molar-refractivity contribution >= 4 is 29.5 Å². The normalized spacial score (nSPS) is 10.3. The topological polar surface area (TPSA) is 157 Å². The van der Waals surface area contributed by atoms with Crippen LogP contribution in [0.5, 0.6) is 17.2 Å². The molecule has 0 unspecified atom stereocenters. The van der Waals surface area contributed by atoms with Crippen LogP contribution < -0.4 is 19.5 Å². The molecule has 51 heavy (non-hydrogen) atoms. The smallest absolute Gasteiger partial charge is 0.335 e. The van der Waals surface area contributed by atoms with E-state index < -0.39 is 17.9 Å². The summed E-state index contributed by atoms with van der Waals surface area (Å²) in [7, 11) is 0. The van der Waals surface area contributed by atoms with Crippen molar-refractivity contribution in [1.29, 1.82) is 0 Å². The van der Waals surface area contributed by atoms with Crippen molar-refractivity contribution in [2.45, 2.75) is 33.6 Å². The largest absolute Gasteiger partial charge is 0.457 e. The van der Waals surface area contributed by atoms with Gasteiger partial charge in [-0.1, -0.05) is 44.0 Å². The Balaban J connectivity index is 1.46. The fourth-order valence-corrected chi connectivity index (χ4v) is 4.04. The van der Waals surface area contributed by atoms with Gasteiger partial charge >= 0.3 is 17.9 Å². The number of hydrogen-bond acceptors (Lipinski definition) is 13. The van der Waals surface area contributed by atoms with Gasteiger partial charge in [0, 0.05) is 35.2 Å². The average molecular weight is 695 g/mol. The molecule has 1 aromatic heterocycles. The molecule has 0 amide bonds. The lowest BCUT2D eigenvalue weighted by atomic mass is 10.1. The van der Waals surface area contributed by atoms with Crippen LogP contribution in [-0.4, -0.2) is 53.2 Å². The van der Waals surface area contributed by atoms with Crippen molar-refractivity contribution in [1.82, 2.24) is 15.0 Å². The average Bonchev–Trinajstić information content (AvgIpc) is 3.10. The second-order valence-electron chi connectivity index (χ2n) is 11.2. The first-order valence-corrected chi connectivity index (χ1v) is 15.6. The van der Waals surface area contributed by atoms with E-state index in [1.807, 2.05) is 24.3 Å². The van der Waals surface area contributed by atoms with Crippen molar-refractivity contribution < 1.29 is 42.8 Å². The molecule has 0 aliphatic carbocycles. The minimum absolute atomic E-state index is 0.234. The number of aromatic nitrogens is 3. The van der Waals surface area contributed by atoms with Gasteiger partial charge in [0.05, 0.1) is 0 Å². The summed E-state index contributed by atoms with van der Waals surface area (Å²) in [6.45, 7) is 14.6. The Morgan fingerprint density at radius 2 is 0.863 bits per heavy atom. The van der Waals surface area contributed by atoms with Crippen LogP contribution in [0.4, 0.5) is 11.6 Å². The number of carbonyl (C=O) groups is 3. The van der Waals surface area contributed by atoms with E-state index in [0.29, 0.717) is 53.4 Å². The number of benzene rings is 3. The number of carbonyl (C=O) groups excluding carboxylic acids is 3. The molecule has 0 spiro atoms. The molecule has 4 aromatic rings. The molecule has 0 saturated heterocycles. The van der Waals surface area contributed by atoms with E-state index in [4.69, 9.17) is 33.4 Å². The zero-order chi connectivity index (χ0) is 36.8. The third-order valence-electron chi connectivity index (χ3n) is 6.70. The Morgan fingerprint density at radius 1 is 0.529 bits per heavy atom. The molecule has 0 aliphatic heterocycles. The van der Waals surface area contributed by atoms with Crippen LogP contribution in [0.1, 0.15) is 43.5 Å². The molecule has 0 radical (unpaired) electrons. The second-order valence-corrected chi connectivity index (χ2v) is 11.2. The molecule has 13 heteroatoms. The number of nitrogens with one attached hydrogen (secondary N) is 1. The molecule has 4 rings (SSSR count). The molecule has 1 N–H and O–H groups in total. The maximum absolute atomic E-state index is 11.6. The highest BCUT2D eigenvalue weighted by Gasteiger charge is 2.11. The van der Waals surface area contributed by atoms with E-state index in [1.54, 1.807) is 69.3 Å². The highest BCUT2D eigenvalue weighted by molar-refractivity contribution is 5.87. The minimum Gasteiger partial charge on any atom is -0.457 e. The number of hydrogen-bond donors (Lipinski definition) is 1. The number of ether oxygens (including phenoxy) is 6. The highest BCUT2D eigenvalue weighted by Crippen LogP contribution is 2.21. The lowest BCUT2D eigenvalue weighted by molar-refractivity contribution is -0.146. The fourth-order valence-electron chi connectivity index (χ4n) is 4.04. The Bertz CT molecular complexity index is 1640. The van der Waals surface area contributed by atoms with Crippen molar-refractivity contribution in [3.63, 3.8) is 0 Å². The number of esters is 3. The van der Waals surface area contributed by atoms with Gasteiger partial charge in [0.15, 0.2) is 0 Å². The molecule has 3 aromatic carbocycles. The number of rotatable bonds is 18. The maximum atomic E-state index is 11.6. The molecule has 1 heterocycles. The van der Waals surface area contributed by atoms with Crippen LogP contribution in [0.3, 0.4) is 0 Å². The summed E-state index contributed by atoms with van der Waals surface area (Å²) in [4.78, 5) is 48.8. The maximum Gasteiger partial charge on any atom is 0.335 e. The summed E-state index contributed by atoms with van der Waals surface area (Å²) in [6.07, 6.45) is 0.779. The minimum atomic E-state index is -0.536. The van der Waals surface area contributed by atoms with Crippen LogP contribution >= 0.6 is 0 Å². The molecule has 0 fully saturated rings. The molecule has 0 aliphatic rings. The van der Waals surface area contributed by atoms with Gasteiger partial charge < -0.3 is 33.7 Å². The monoisotopic (exact) mass is 694 g/mol. The lowest BCUT2D eigenvalue weighted by Crippen LogP contribution is -2.11. The second kappa shape index (κ2) is 18.3. The summed E-state index contributed by atoms with van der Waals surface area (Å²) >= 11 is 0. The first-order valence-electron chi connectivity index (χ1n) is 15.6. The van der Waals surface area contributed by atoms with Crippen LogP contribution in [0.15, 0.2) is 109 Å². The van der Waals surface area contributed by atoms with Crippen molar-refractivity contribution in [3.8, 4) is 17.2 Å². The summed E-state index contributed by atoms with van der Waals surface area (Å²) < 4.78 is 31.4. The van der Waals surface area contributed by atoms with Gasteiger partial charge in [-0.2, -0.15) is 9.97 Å². The predicted octanol–water partition coefficient (Wildman–Crippen LogP) is 6.16. The van der Waals surface area contributed by atoms with Crippen molar-refractivity contribution in [2.75, 3.05) is 25.7 Å². The van der Waals surface area contributed by atoms with Gasteiger partial charge in [-0.15, -0.1) is 0 Å². The number of nitrogens with zero attached hydrogens (tertiary/aromatic N) is 3. The SMILES string of the molecule is C=C(C)C(=O)OCOc1ccc(Cc2nc(Cc3ccc(OCOC(=O)C(=C)C)cc3)nc(Nc3ccc(OCOC(=O)C(=C)C)cc3)n2)cc1. The molecule has 0 atom stereocenters. The van der Waals surface area contributed by atoms with Gasteiger partial charge in [-0.3, -0.25) is 0 Å². The predicted molar refractivity (Wildman–Crippen MR) is 187 cm³/mol. The zero-order valence-corrected chi connectivity index (χ0v) is 28.6. The van der Waals surface area contributed by atoms with E-state index in [9.17, 15) is 14.4 Å². The van der Waals surface area contributed by atoms with Crippen LogP contribution in [0.25, 0.3) is 0 Å². The summed E-state index contributed by atoms with van der Waals surface area (Å²) in [5.41, 5.74) is 3.36. The van der Waals surface area contributed by atoms with E-state index in [2.05, 4.69) is 35.0 Å². The van der Waals surface area contributed by atoms with Crippen LogP contribution in [0.2, 0.25) is 0 Å². The third-order valence-corrected chi connectivity index (χ3v) is 6.70. The molecule has 0 saturated carbocycles. The summed E-state index contributed by atoms with van der Waals surface area (Å²) in [5, 5.41) is 3.22. The molecule has 264 valence electrons. The van der Waals surface area contributed by atoms with Crippen molar-refractivity contribution in [3.05, 3.63) is 132 Å². The number of anilines is 2. The van der Waals surface area contributed by atoms with E-state index in [0.717, 1.165) is 11.1 Å². The highest BCUT2D eigenvalue weighted by atomic mass is 16.7. The van der Waals surface area contributed by atoms with Gasteiger partial charge in [0.1, 0.15) is 28.9 Å². The summed E-state index contributed by atoms with van der Waals surface area (Å²) in [5.74, 6) is 1.32. The fraction of sp³-hybridized carbons (Fsp3) is 0.211.